The van der Waals surface area contributed by atoms with E-state index in [4.69, 9.17) is 4.74 Å². The Morgan fingerprint density at radius 3 is 1.89 bits per heavy atom. The Hall–Kier alpha value is -3.07. The summed E-state index contributed by atoms with van der Waals surface area (Å²) in [5.41, 5.74) is 4.48. The monoisotopic (exact) mass is 373 g/mol. The van der Waals surface area contributed by atoms with Gasteiger partial charge in [0.1, 0.15) is 6.04 Å². The van der Waals surface area contributed by atoms with E-state index in [0.717, 1.165) is 5.69 Å². The molecule has 3 rings (SSSR count). The molecule has 0 aliphatic rings. The number of benzene rings is 3. The molecule has 0 heterocycles. The normalized spacial score (nSPS) is 11.8. The van der Waals surface area contributed by atoms with Gasteiger partial charge in [-0.2, -0.15) is 0 Å². The molecule has 28 heavy (non-hydrogen) atoms. The van der Waals surface area contributed by atoms with Crippen LogP contribution < -0.4 is 5.32 Å². The van der Waals surface area contributed by atoms with E-state index in [1.807, 2.05) is 74.5 Å². The molecule has 0 saturated heterocycles. The summed E-state index contributed by atoms with van der Waals surface area (Å²) in [5.74, 6) is -0.130. The summed E-state index contributed by atoms with van der Waals surface area (Å²) >= 11 is 0. The molecule has 1 atom stereocenters. The first-order valence-electron chi connectivity index (χ1n) is 9.77. The van der Waals surface area contributed by atoms with Gasteiger partial charge in [0, 0.05) is 11.6 Å². The molecule has 3 aromatic carbocycles. The molecular formula is C25H27NO2. The minimum atomic E-state index is -0.437. The van der Waals surface area contributed by atoms with Gasteiger partial charge in [-0.15, -0.1) is 0 Å². The maximum atomic E-state index is 12.7. The smallest absolute Gasteiger partial charge is 0.328 e. The van der Waals surface area contributed by atoms with Gasteiger partial charge in [0.25, 0.3) is 0 Å². The van der Waals surface area contributed by atoms with Crippen LogP contribution in [0.15, 0.2) is 84.9 Å². The third-order valence-corrected chi connectivity index (χ3v) is 4.84. The molecular weight excluding hydrogens is 346 g/mol. The van der Waals surface area contributed by atoms with E-state index in [0.29, 0.717) is 13.0 Å². The Morgan fingerprint density at radius 1 is 0.857 bits per heavy atom. The van der Waals surface area contributed by atoms with Crippen molar-refractivity contribution in [2.75, 3.05) is 11.9 Å². The fourth-order valence-corrected chi connectivity index (χ4v) is 3.38. The summed E-state index contributed by atoms with van der Waals surface area (Å²) in [4.78, 5) is 12.7. The molecule has 0 radical (unpaired) electrons. The zero-order chi connectivity index (χ0) is 19.8. The third-order valence-electron chi connectivity index (χ3n) is 4.84. The number of carbonyl (C=O) groups is 1. The van der Waals surface area contributed by atoms with Gasteiger partial charge in [-0.1, -0.05) is 78.4 Å². The molecule has 3 heteroatoms. The number of hydrogen-bond donors (Lipinski definition) is 1. The highest BCUT2D eigenvalue weighted by Crippen LogP contribution is 2.30. The van der Waals surface area contributed by atoms with Crippen LogP contribution in [0.25, 0.3) is 0 Å². The zero-order valence-corrected chi connectivity index (χ0v) is 16.5. The quantitative estimate of drug-likeness (QED) is 0.525. The minimum Gasteiger partial charge on any atom is -0.464 e. The molecule has 1 N–H and O–H groups in total. The Morgan fingerprint density at radius 2 is 1.39 bits per heavy atom. The maximum absolute atomic E-state index is 12.7. The molecule has 1 unspecified atom stereocenters. The Labute approximate surface area is 167 Å². The summed E-state index contributed by atoms with van der Waals surface area (Å²) in [6.45, 7) is 4.26. The molecule has 144 valence electrons. The van der Waals surface area contributed by atoms with Crippen molar-refractivity contribution < 1.29 is 9.53 Å². The highest BCUT2D eigenvalue weighted by Gasteiger charge is 2.26. The number of nitrogens with one attached hydrogen (secondary N) is 1. The van der Waals surface area contributed by atoms with E-state index in [9.17, 15) is 4.79 Å². The van der Waals surface area contributed by atoms with Crippen molar-refractivity contribution in [1.82, 2.24) is 0 Å². The average Bonchev–Trinajstić information content (AvgIpc) is 2.74. The molecule has 3 aromatic rings. The molecule has 0 aliphatic heterocycles. The second-order valence-electron chi connectivity index (χ2n) is 6.92. The van der Waals surface area contributed by atoms with E-state index < -0.39 is 6.04 Å². The zero-order valence-electron chi connectivity index (χ0n) is 16.5. The van der Waals surface area contributed by atoms with Crippen LogP contribution in [-0.4, -0.2) is 18.6 Å². The number of hydrogen-bond acceptors (Lipinski definition) is 3. The van der Waals surface area contributed by atoms with Crippen molar-refractivity contribution in [3.8, 4) is 0 Å². The molecule has 0 aliphatic carbocycles. The Bertz CT molecular complexity index is 821. The lowest BCUT2D eigenvalue weighted by atomic mass is 9.86. The van der Waals surface area contributed by atoms with Gasteiger partial charge in [-0.05, 0) is 43.5 Å². The molecule has 0 fully saturated rings. The number of ether oxygens (including phenoxy) is 1. The summed E-state index contributed by atoms with van der Waals surface area (Å²) in [5, 5.41) is 3.39. The van der Waals surface area contributed by atoms with Crippen LogP contribution >= 0.6 is 0 Å². The van der Waals surface area contributed by atoms with E-state index in [2.05, 4.69) is 29.6 Å². The van der Waals surface area contributed by atoms with Crippen molar-refractivity contribution in [3.63, 3.8) is 0 Å². The number of aryl methyl sites for hydroxylation is 1. The lowest BCUT2D eigenvalue weighted by Crippen LogP contribution is -2.33. The fraction of sp³-hybridized carbons (Fsp3) is 0.240. The van der Waals surface area contributed by atoms with Crippen molar-refractivity contribution >= 4 is 11.7 Å². The fourth-order valence-electron chi connectivity index (χ4n) is 3.38. The highest BCUT2D eigenvalue weighted by molar-refractivity contribution is 5.79. The van der Waals surface area contributed by atoms with Gasteiger partial charge >= 0.3 is 5.97 Å². The van der Waals surface area contributed by atoms with Gasteiger partial charge in [-0.25, -0.2) is 4.79 Å². The van der Waals surface area contributed by atoms with Crippen LogP contribution in [-0.2, 0) is 9.53 Å². The van der Waals surface area contributed by atoms with Crippen molar-refractivity contribution in [2.24, 2.45) is 0 Å². The number of anilines is 1. The first kappa shape index (κ1) is 19.7. The van der Waals surface area contributed by atoms with Crippen LogP contribution in [0.5, 0.6) is 0 Å². The van der Waals surface area contributed by atoms with Gasteiger partial charge in [-0.3, -0.25) is 0 Å². The summed E-state index contributed by atoms with van der Waals surface area (Å²) in [6.07, 6.45) is 0.612. The molecule has 0 amide bonds. The predicted molar refractivity (Wildman–Crippen MR) is 115 cm³/mol. The number of esters is 1. The van der Waals surface area contributed by atoms with E-state index in [1.54, 1.807) is 0 Å². The van der Waals surface area contributed by atoms with Gasteiger partial charge < -0.3 is 10.1 Å². The molecule has 0 aromatic heterocycles. The minimum absolute atomic E-state index is 0.0924. The van der Waals surface area contributed by atoms with E-state index in [1.165, 1.54) is 16.7 Å². The predicted octanol–water partition coefficient (Wildman–Crippen LogP) is 5.56. The highest BCUT2D eigenvalue weighted by atomic mass is 16.5. The average molecular weight is 373 g/mol. The summed E-state index contributed by atoms with van der Waals surface area (Å²) in [6, 6.07) is 28.3. The van der Waals surface area contributed by atoms with Gasteiger partial charge in [0.05, 0.1) is 6.61 Å². The van der Waals surface area contributed by atoms with Crippen LogP contribution in [0.1, 0.15) is 36.0 Å². The number of carbonyl (C=O) groups excluding carboxylic acids is 1. The molecule has 0 saturated carbocycles. The first-order valence-corrected chi connectivity index (χ1v) is 9.77. The van der Waals surface area contributed by atoms with Crippen LogP contribution in [0, 0.1) is 6.92 Å². The second-order valence-corrected chi connectivity index (χ2v) is 6.92. The standard InChI is InChI=1S/C25H27NO2/c1-3-28-25(27)24(26-22-16-14-19(2)15-17-22)18-23(20-10-6-4-7-11-20)21-12-8-5-9-13-21/h4-17,23-24,26H,3,18H2,1-2H3. The Kier molecular flexibility index (Phi) is 6.85. The van der Waals surface area contributed by atoms with Crippen LogP contribution in [0.4, 0.5) is 5.69 Å². The van der Waals surface area contributed by atoms with Crippen LogP contribution in [0.3, 0.4) is 0 Å². The lowest BCUT2D eigenvalue weighted by molar-refractivity contribution is -0.144. The topological polar surface area (TPSA) is 38.3 Å². The Balaban J connectivity index is 1.90. The first-order chi connectivity index (χ1) is 13.7. The van der Waals surface area contributed by atoms with Crippen molar-refractivity contribution in [1.29, 1.82) is 0 Å². The maximum Gasteiger partial charge on any atom is 0.328 e. The number of rotatable bonds is 8. The summed E-state index contributed by atoms with van der Waals surface area (Å²) < 4.78 is 5.37. The molecule has 0 spiro atoms. The van der Waals surface area contributed by atoms with Gasteiger partial charge in [0.15, 0.2) is 0 Å². The molecule has 0 bridgehead atoms. The van der Waals surface area contributed by atoms with Crippen molar-refractivity contribution in [3.05, 3.63) is 102 Å². The second kappa shape index (κ2) is 9.75. The SMILES string of the molecule is CCOC(=O)C(CC(c1ccccc1)c1ccccc1)Nc1ccc(C)cc1. The third kappa shape index (κ3) is 5.23. The lowest BCUT2D eigenvalue weighted by Gasteiger charge is -2.25. The van der Waals surface area contributed by atoms with Crippen molar-refractivity contribution in [2.45, 2.75) is 32.2 Å². The van der Waals surface area contributed by atoms with E-state index >= 15 is 0 Å². The van der Waals surface area contributed by atoms with E-state index in [-0.39, 0.29) is 11.9 Å². The van der Waals surface area contributed by atoms with Crippen LogP contribution in [0.2, 0.25) is 0 Å². The van der Waals surface area contributed by atoms with Gasteiger partial charge in [0.2, 0.25) is 0 Å². The molecule has 3 nitrogen and oxygen atoms in total. The largest absolute Gasteiger partial charge is 0.464 e. The summed E-state index contributed by atoms with van der Waals surface area (Å²) in [7, 11) is 0.